The lowest BCUT2D eigenvalue weighted by molar-refractivity contribution is 0.256. The summed E-state index contributed by atoms with van der Waals surface area (Å²) < 4.78 is 0. The molecule has 7 nitrogen and oxygen atoms in total. The normalized spacial score (nSPS) is 13.5. The minimum absolute atomic E-state index is 0.833. The molecule has 0 bridgehead atoms. The van der Waals surface area contributed by atoms with Crippen molar-refractivity contribution in [2.45, 2.75) is 0 Å². The Hall–Kier alpha value is -1.73. The summed E-state index contributed by atoms with van der Waals surface area (Å²) in [7, 11) is 0. The molecule has 90 valence electrons. The SMILES string of the molecule is C1CNCCN1.NC(N)=O.c1ccnnc1. The third kappa shape index (κ3) is 14.8. The van der Waals surface area contributed by atoms with Crippen LogP contribution in [0, 0.1) is 0 Å². The molecular weight excluding hydrogens is 208 g/mol. The number of urea groups is 1. The molecule has 0 radical (unpaired) electrons. The first kappa shape index (κ1) is 14.3. The van der Waals surface area contributed by atoms with E-state index in [2.05, 4.69) is 32.3 Å². The van der Waals surface area contributed by atoms with Crippen molar-refractivity contribution in [3.63, 3.8) is 0 Å². The van der Waals surface area contributed by atoms with Gasteiger partial charge in [0.05, 0.1) is 0 Å². The highest BCUT2D eigenvalue weighted by atomic mass is 16.2. The fraction of sp³-hybridized carbons (Fsp3) is 0.444. The minimum Gasteiger partial charge on any atom is -0.352 e. The van der Waals surface area contributed by atoms with Crippen LogP contribution in [0.4, 0.5) is 4.79 Å². The monoisotopic (exact) mass is 226 g/mol. The molecule has 1 fully saturated rings. The van der Waals surface area contributed by atoms with Crippen molar-refractivity contribution in [1.29, 1.82) is 0 Å². The van der Waals surface area contributed by atoms with Gasteiger partial charge in [-0.3, -0.25) is 0 Å². The highest BCUT2D eigenvalue weighted by Crippen LogP contribution is 1.68. The largest absolute Gasteiger partial charge is 0.352 e. The fourth-order valence-electron chi connectivity index (χ4n) is 0.857. The van der Waals surface area contributed by atoms with E-state index in [1.165, 1.54) is 0 Å². The molecule has 7 heteroatoms. The molecule has 2 rings (SSSR count). The molecule has 6 N–H and O–H groups in total. The highest BCUT2D eigenvalue weighted by molar-refractivity contribution is 5.69. The molecular formula is C9H18N6O. The lowest BCUT2D eigenvalue weighted by Crippen LogP contribution is -2.39. The van der Waals surface area contributed by atoms with Crippen molar-refractivity contribution < 1.29 is 4.79 Å². The summed E-state index contributed by atoms with van der Waals surface area (Å²) >= 11 is 0. The van der Waals surface area contributed by atoms with E-state index in [1.807, 2.05) is 12.1 Å². The van der Waals surface area contributed by atoms with Gasteiger partial charge in [-0.05, 0) is 12.1 Å². The molecule has 2 amide bonds. The molecule has 16 heavy (non-hydrogen) atoms. The Morgan fingerprint density at radius 2 is 1.25 bits per heavy atom. The standard InChI is InChI=1S/C4H10N2.C4H4N2.CH4N2O/c1-2-6-4-3-5-1;1-2-4-6-5-3-1;2-1(3)4/h5-6H,1-4H2;1-4H;(H4,2,3,4). The molecule has 0 unspecified atom stereocenters. The summed E-state index contributed by atoms with van der Waals surface area (Å²) in [6.45, 7) is 4.56. The van der Waals surface area contributed by atoms with E-state index in [-0.39, 0.29) is 0 Å². The van der Waals surface area contributed by atoms with Crippen LogP contribution < -0.4 is 22.1 Å². The van der Waals surface area contributed by atoms with Gasteiger partial charge < -0.3 is 22.1 Å². The van der Waals surface area contributed by atoms with Crippen molar-refractivity contribution in [3.05, 3.63) is 24.5 Å². The maximum Gasteiger partial charge on any atom is 0.309 e. The van der Waals surface area contributed by atoms with Crippen LogP contribution >= 0.6 is 0 Å². The average molecular weight is 226 g/mol. The summed E-state index contributed by atoms with van der Waals surface area (Å²) in [5, 5.41) is 13.5. The van der Waals surface area contributed by atoms with Gasteiger partial charge in [0.25, 0.3) is 0 Å². The Morgan fingerprint density at radius 3 is 1.38 bits per heavy atom. The van der Waals surface area contributed by atoms with E-state index in [1.54, 1.807) is 12.4 Å². The fourth-order valence-corrected chi connectivity index (χ4v) is 0.857. The molecule has 0 atom stereocenters. The third-order valence-electron chi connectivity index (χ3n) is 1.44. The number of carbonyl (C=O) groups is 1. The molecule has 0 saturated carbocycles. The molecule has 1 aliphatic heterocycles. The lowest BCUT2D eigenvalue weighted by atomic mass is 10.4. The van der Waals surface area contributed by atoms with Gasteiger partial charge in [0, 0.05) is 38.6 Å². The number of nitrogens with zero attached hydrogens (tertiary/aromatic N) is 2. The van der Waals surface area contributed by atoms with Gasteiger partial charge in [0.1, 0.15) is 0 Å². The lowest BCUT2D eigenvalue weighted by Gasteiger charge is -2.11. The molecule has 1 aromatic heterocycles. The second kappa shape index (κ2) is 11.3. The van der Waals surface area contributed by atoms with Gasteiger partial charge in [-0.25, -0.2) is 4.79 Å². The van der Waals surface area contributed by atoms with Gasteiger partial charge in [-0.15, -0.1) is 0 Å². The van der Waals surface area contributed by atoms with E-state index in [9.17, 15) is 0 Å². The van der Waals surface area contributed by atoms with Gasteiger partial charge in [-0.1, -0.05) is 0 Å². The molecule has 0 aliphatic carbocycles. The zero-order chi connectivity index (χ0) is 12.1. The van der Waals surface area contributed by atoms with E-state index >= 15 is 0 Å². The summed E-state index contributed by atoms with van der Waals surface area (Å²) in [6, 6.07) is 2.82. The van der Waals surface area contributed by atoms with Crippen LogP contribution in [0.25, 0.3) is 0 Å². The second-order valence-electron chi connectivity index (χ2n) is 2.82. The van der Waals surface area contributed by atoms with Crippen LogP contribution in [0.15, 0.2) is 24.5 Å². The Balaban J connectivity index is 0.000000217. The van der Waals surface area contributed by atoms with Gasteiger partial charge in [0.15, 0.2) is 0 Å². The van der Waals surface area contributed by atoms with Crippen LogP contribution in [0.3, 0.4) is 0 Å². The molecule has 0 aromatic carbocycles. The van der Waals surface area contributed by atoms with Gasteiger partial charge in [-0.2, -0.15) is 10.2 Å². The number of primary amides is 2. The number of piperazine rings is 1. The summed E-state index contributed by atoms with van der Waals surface area (Å²) in [4.78, 5) is 9.00. The minimum atomic E-state index is -0.833. The van der Waals surface area contributed by atoms with E-state index < -0.39 is 6.03 Å². The average Bonchev–Trinajstić information content (AvgIpc) is 2.34. The van der Waals surface area contributed by atoms with Gasteiger partial charge in [0.2, 0.25) is 0 Å². The predicted molar refractivity (Wildman–Crippen MR) is 61.5 cm³/mol. The Bertz CT molecular complexity index is 209. The molecule has 1 aromatic rings. The number of hydrogen-bond donors (Lipinski definition) is 4. The maximum absolute atomic E-state index is 9.00. The van der Waals surface area contributed by atoms with Crippen molar-refractivity contribution in [1.82, 2.24) is 20.8 Å². The van der Waals surface area contributed by atoms with Crippen molar-refractivity contribution >= 4 is 6.03 Å². The van der Waals surface area contributed by atoms with Crippen LogP contribution in [-0.4, -0.2) is 42.4 Å². The highest BCUT2D eigenvalue weighted by Gasteiger charge is 1.91. The van der Waals surface area contributed by atoms with E-state index in [4.69, 9.17) is 4.79 Å². The zero-order valence-electron chi connectivity index (χ0n) is 9.10. The van der Waals surface area contributed by atoms with Crippen LogP contribution in [0.2, 0.25) is 0 Å². The van der Waals surface area contributed by atoms with Crippen molar-refractivity contribution in [2.24, 2.45) is 11.5 Å². The van der Waals surface area contributed by atoms with Crippen LogP contribution in [0.1, 0.15) is 0 Å². The second-order valence-corrected chi connectivity index (χ2v) is 2.82. The van der Waals surface area contributed by atoms with Gasteiger partial charge >= 0.3 is 6.03 Å². The summed E-state index contributed by atoms with van der Waals surface area (Å²) in [6.07, 6.45) is 3.28. The van der Waals surface area contributed by atoms with Crippen LogP contribution in [0.5, 0.6) is 0 Å². The summed E-state index contributed by atoms with van der Waals surface area (Å²) in [5.74, 6) is 0. The third-order valence-corrected chi connectivity index (χ3v) is 1.44. The van der Waals surface area contributed by atoms with Crippen molar-refractivity contribution in [2.75, 3.05) is 26.2 Å². The van der Waals surface area contributed by atoms with Crippen LogP contribution in [-0.2, 0) is 0 Å². The predicted octanol–water partition coefficient (Wildman–Crippen LogP) is -1.32. The first-order chi connectivity index (χ1) is 7.73. The molecule has 0 spiro atoms. The quantitative estimate of drug-likeness (QED) is 0.437. The Morgan fingerprint density at radius 1 is 0.938 bits per heavy atom. The van der Waals surface area contributed by atoms with E-state index in [0.29, 0.717) is 0 Å². The number of hydrogen-bond acceptors (Lipinski definition) is 5. The Kier molecular flexibility index (Phi) is 10.1. The smallest absolute Gasteiger partial charge is 0.309 e. The Labute approximate surface area is 94.6 Å². The number of aromatic nitrogens is 2. The molecule has 1 aliphatic rings. The first-order valence-electron chi connectivity index (χ1n) is 4.91. The zero-order valence-corrected chi connectivity index (χ0v) is 9.10. The molecule has 1 saturated heterocycles. The number of nitrogens with two attached hydrogens (primary N) is 2. The number of carbonyl (C=O) groups excluding carboxylic acids is 1. The number of amides is 2. The van der Waals surface area contributed by atoms with E-state index in [0.717, 1.165) is 26.2 Å². The molecule has 2 heterocycles. The number of nitrogens with one attached hydrogen (secondary N) is 2. The van der Waals surface area contributed by atoms with Crippen molar-refractivity contribution in [3.8, 4) is 0 Å². The number of rotatable bonds is 0. The topological polar surface area (TPSA) is 119 Å². The summed E-state index contributed by atoms with van der Waals surface area (Å²) in [5.41, 5.74) is 8.50. The first-order valence-corrected chi connectivity index (χ1v) is 4.91. The maximum atomic E-state index is 9.00.